The van der Waals surface area contributed by atoms with Gasteiger partial charge in [0.05, 0.1) is 32.6 Å². The smallest absolute Gasteiger partial charge is 0.322 e. The fourth-order valence-electron chi connectivity index (χ4n) is 4.40. The highest BCUT2D eigenvalue weighted by atomic mass is 35.5. The second kappa shape index (κ2) is 10.5. The summed E-state index contributed by atoms with van der Waals surface area (Å²) in [5.41, 5.74) is 3.87. The van der Waals surface area contributed by atoms with Crippen LogP contribution in [-0.4, -0.2) is 60.9 Å². The Bertz CT molecular complexity index is 1180. The molecular formula is C26H28ClN5O3. The number of ether oxygens (including phenoxy) is 2. The first-order valence-electron chi connectivity index (χ1n) is 11.7. The van der Waals surface area contributed by atoms with Crippen molar-refractivity contribution in [1.29, 1.82) is 0 Å². The maximum atomic E-state index is 13.0. The van der Waals surface area contributed by atoms with Crippen molar-refractivity contribution in [2.45, 2.75) is 19.4 Å². The average molecular weight is 494 g/mol. The van der Waals surface area contributed by atoms with E-state index in [1.807, 2.05) is 29.2 Å². The summed E-state index contributed by atoms with van der Waals surface area (Å²) in [7, 11) is 1.66. The first kappa shape index (κ1) is 23.4. The van der Waals surface area contributed by atoms with E-state index in [9.17, 15) is 4.79 Å². The van der Waals surface area contributed by atoms with Gasteiger partial charge in [-0.1, -0.05) is 23.7 Å². The number of morpholine rings is 1. The van der Waals surface area contributed by atoms with Crippen molar-refractivity contribution in [2.75, 3.05) is 50.2 Å². The molecule has 1 saturated heterocycles. The number of carbonyl (C=O) groups excluding carboxylic acids is 1. The molecule has 5 rings (SSSR count). The molecule has 2 aromatic carbocycles. The van der Waals surface area contributed by atoms with Crippen LogP contribution in [0.25, 0.3) is 0 Å². The predicted octanol–water partition coefficient (Wildman–Crippen LogP) is 4.16. The van der Waals surface area contributed by atoms with Crippen molar-refractivity contribution in [3.63, 3.8) is 0 Å². The summed E-state index contributed by atoms with van der Waals surface area (Å²) in [5.74, 6) is 2.52. The highest BCUT2D eigenvalue weighted by Gasteiger charge is 2.28. The zero-order valence-electron chi connectivity index (χ0n) is 19.7. The maximum absolute atomic E-state index is 13.0. The SMILES string of the molecule is COc1ccc(Cc2nc3c(c(N4CCOCC4)n2)CN(C(=O)Nc2ccc(Cl)cc2)CC3)cc1. The van der Waals surface area contributed by atoms with Gasteiger partial charge in [0.15, 0.2) is 0 Å². The number of anilines is 2. The lowest BCUT2D eigenvalue weighted by molar-refractivity contribution is 0.122. The highest BCUT2D eigenvalue weighted by molar-refractivity contribution is 6.30. The van der Waals surface area contributed by atoms with Crippen LogP contribution in [-0.2, 0) is 24.1 Å². The molecule has 1 aromatic heterocycles. The van der Waals surface area contributed by atoms with Gasteiger partial charge in [0.25, 0.3) is 0 Å². The highest BCUT2D eigenvalue weighted by Crippen LogP contribution is 2.29. The summed E-state index contributed by atoms with van der Waals surface area (Å²) in [6, 6.07) is 15.0. The summed E-state index contributed by atoms with van der Waals surface area (Å²) >= 11 is 5.97. The summed E-state index contributed by atoms with van der Waals surface area (Å²) in [6.45, 7) is 3.91. The van der Waals surface area contributed by atoms with E-state index in [0.717, 1.165) is 47.3 Å². The number of fused-ring (bicyclic) bond motifs is 1. The summed E-state index contributed by atoms with van der Waals surface area (Å²) in [5, 5.41) is 3.60. The number of hydrogen-bond acceptors (Lipinski definition) is 6. The number of halogens is 1. The van der Waals surface area contributed by atoms with Crippen molar-refractivity contribution in [2.24, 2.45) is 0 Å². The first-order chi connectivity index (χ1) is 17.1. The monoisotopic (exact) mass is 493 g/mol. The Morgan fingerprint density at radius 3 is 2.51 bits per heavy atom. The van der Waals surface area contributed by atoms with E-state index in [1.165, 1.54) is 0 Å². The molecule has 35 heavy (non-hydrogen) atoms. The van der Waals surface area contributed by atoms with Crippen LogP contribution in [0.15, 0.2) is 48.5 Å². The fraction of sp³-hybridized carbons (Fsp3) is 0.346. The number of urea groups is 1. The Morgan fingerprint density at radius 1 is 1.06 bits per heavy atom. The molecule has 0 saturated carbocycles. The third kappa shape index (κ3) is 5.49. The summed E-state index contributed by atoms with van der Waals surface area (Å²) < 4.78 is 10.8. The van der Waals surface area contributed by atoms with E-state index in [2.05, 4.69) is 10.2 Å². The molecule has 182 valence electrons. The van der Waals surface area contributed by atoms with Crippen LogP contribution in [0, 0.1) is 0 Å². The Morgan fingerprint density at radius 2 is 1.80 bits per heavy atom. The fourth-order valence-corrected chi connectivity index (χ4v) is 4.52. The minimum atomic E-state index is -0.145. The topological polar surface area (TPSA) is 79.8 Å². The van der Waals surface area contributed by atoms with Gasteiger partial charge in [0, 0.05) is 48.7 Å². The van der Waals surface area contributed by atoms with Gasteiger partial charge in [-0.15, -0.1) is 0 Å². The number of rotatable bonds is 5. The average Bonchev–Trinajstić information content (AvgIpc) is 2.90. The molecule has 1 N–H and O–H groups in total. The number of hydrogen-bond donors (Lipinski definition) is 1. The second-order valence-electron chi connectivity index (χ2n) is 8.62. The van der Waals surface area contributed by atoms with Crippen LogP contribution in [0.4, 0.5) is 16.3 Å². The summed E-state index contributed by atoms with van der Waals surface area (Å²) in [4.78, 5) is 27.0. The van der Waals surface area contributed by atoms with Crippen LogP contribution < -0.4 is 15.0 Å². The number of nitrogens with zero attached hydrogens (tertiary/aromatic N) is 4. The van der Waals surface area contributed by atoms with E-state index >= 15 is 0 Å². The Labute approximate surface area is 209 Å². The first-order valence-corrected chi connectivity index (χ1v) is 12.1. The third-order valence-corrected chi connectivity index (χ3v) is 6.55. The third-order valence-electron chi connectivity index (χ3n) is 6.30. The van der Waals surface area contributed by atoms with Gasteiger partial charge in [-0.3, -0.25) is 0 Å². The molecule has 0 bridgehead atoms. The van der Waals surface area contributed by atoms with Gasteiger partial charge < -0.3 is 24.6 Å². The zero-order chi connectivity index (χ0) is 24.2. The molecule has 0 spiro atoms. The van der Waals surface area contributed by atoms with Crippen molar-refractivity contribution >= 4 is 29.1 Å². The normalized spacial score (nSPS) is 15.5. The molecule has 2 aliphatic rings. The van der Waals surface area contributed by atoms with E-state index in [-0.39, 0.29) is 6.03 Å². The van der Waals surface area contributed by atoms with Crippen LogP contribution >= 0.6 is 11.6 Å². The van der Waals surface area contributed by atoms with Crippen molar-refractivity contribution in [3.8, 4) is 5.75 Å². The quantitative estimate of drug-likeness (QED) is 0.575. The predicted molar refractivity (Wildman–Crippen MR) is 135 cm³/mol. The number of nitrogens with one attached hydrogen (secondary N) is 1. The van der Waals surface area contributed by atoms with Crippen LogP contribution in [0.2, 0.25) is 5.02 Å². The molecule has 2 aliphatic heterocycles. The van der Waals surface area contributed by atoms with Crippen molar-refractivity contribution in [1.82, 2.24) is 14.9 Å². The Kier molecular flexibility index (Phi) is 7.01. The maximum Gasteiger partial charge on any atom is 0.322 e. The van der Waals surface area contributed by atoms with Gasteiger partial charge in [0.2, 0.25) is 0 Å². The molecule has 0 atom stereocenters. The van der Waals surface area contributed by atoms with Crippen molar-refractivity contribution in [3.05, 3.63) is 76.2 Å². The molecular weight excluding hydrogens is 466 g/mol. The molecule has 8 nitrogen and oxygen atoms in total. The van der Waals surface area contributed by atoms with Crippen LogP contribution in [0.3, 0.4) is 0 Å². The van der Waals surface area contributed by atoms with Gasteiger partial charge >= 0.3 is 6.03 Å². The van der Waals surface area contributed by atoms with E-state index in [0.29, 0.717) is 49.9 Å². The van der Waals surface area contributed by atoms with E-state index < -0.39 is 0 Å². The standard InChI is InChI=1S/C26H28ClN5O3/c1-34-21-8-2-18(3-9-21)16-24-29-23-10-11-32(26(33)28-20-6-4-19(27)5-7-20)17-22(23)25(30-24)31-12-14-35-15-13-31/h2-9H,10-17H2,1H3,(H,28,33). The van der Waals surface area contributed by atoms with Gasteiger partial charge in [-0.2, -0.15) is 0 Å². The summed E-state index contributed by atoms with van der Waals surface area (Å²) in [6.07, 6.45) is 1.31. The van der Waals surface area contributed by atoms with E-state index in [1.54, 1.807) is 31.4 Å². The number of aromatic nitrogens is 2. The van der Waals surface area contributed by atoms with Crippen LogP contribution in [0.1, 0.15) is 22.6 Å². The lowest BCUT2D eigenvalue weighted by Crippen LogP contribution is -2.42. The number of benzene rings is 2. The molecule has 0 radical (unpaired) electrons. The van der Waals surface area contributed by atoms with Gasteiger partial charge in [0.1, 0.15) is 17.4 Å². The molecule has 9 heteroatoms. The van der Waals surface area contributed by atoms with Crippen molar-refractivity contribution < 1.29 is 14.3 Å². The zero-order valence-corrected chi connectivity index (χ0v) is 20.4. The number of carbonyl (C=O) groups is 1. The molecule has 0 aliphatic carbocycles. The lowest BCUT2D eigenvalue weighted by Gasteiger charge is -2.34. The molecule has 0 unspecified atom stereocenters. The van der Waals surface area contributed by atoms with Gasteiger partial charge in [-0.25, -0.2) is 14.8 Å². The Hall–Kier alpha value is -3.36. The largest absolute Gasteiger partial charge is 0.497 e. The van der Waals surface area contributed by atoms with Crippen LogP contribution in [0.5, 0.6) is 5.75 Å². The van der Waals surface area contributed by atoms with Gasteiger partial charge in [-0.05, 0) is 42.0 Å². The number of methoxy groups -OCH3 is 1. The molecule has 3 heterocycles. The molecule has 2 amide bonds. The minimum Gasteiger partial charge on any atom is -0.497 e. The Balaban J connectivity index is 1.39. The lowest BCUT2D eigenvalue weighted by atomic mass is 10.0. The molecule has 1 fully saturated rings. The van der Waals surface area contributed by atoms with E-state index in [4.69, 9.17) is 31.0 Å². The second-order valence-corrected chi connectivity index (χ2v) is 9.06. The number of amides is 2. The molecule has 3 aromatic rings. The minimum absolute atomic E-state index is 0.145.